The average molecular weight is 285 g/mol. The molecule has 2 unspecified atom stereocenters. The second kappa shape index (κ2) is 6.89. The molecule has 1 heterocycles. The van der Waals surface area contributed by atoms with Crippen molar-refractivity contribution in [3.8, 4) is 0 Å². The van der Waals surface area contributed by atoms with Crippen LogP contribution in [0, 0.1) is 5.92 Å². The van der Waals surface area contributed by atoms with Crippen molar-refractivity contribution in [2.75, 3.05) is 19.8 Å². The van der Waals surface area contributed by atoms with Crippen LogP contribution in [-0.2, 0) is 15.1 Å². The van der Waals surface area contributed by atoms with E-state index in [-0.39, 0.29) is 18.3 Å². The van der Waals surface area contributed by atoms with Crippen LogP contribution < -0.4 is 11.1 Å². The summed E-state index contributed by atoms with van der Waals surface area (Å²) in [6.07, 6.45) is 1.01. The van der Waals surface area contributed by atoms with Crippen molar-refractivity contribution >= 4 is 18.3 Å². The van der Waals surface area contributed by atoms with Gasteiger partial charge in [0.1, 0.15) is 5.54 Å². The van der Waals surface area contributed by atoms with Crippen LogP contribution in [0.1, 0.15) is 18.9 Å². The lowest BCUT2D eigenvalue weighted by Gasteiger charge is -2.24. The fourth-order valence-electron chi connectivity index (χ4n) is 2.08. The van der Waals surface area contributed by atoms with Crippen molar-refractivity contribution in [2.24, 2.45) is 11.7 Å². The van der Waals surface area contributed by atoms with E-state index >= 15 is 0 Å². The molecule has 0 radical (unpaired) electrons. The molecule has 5 heteroatoms. The molecule has 0 saturated carbocycles. The standard InChI is InChI=1S/C14H20N2O2.ClH/c1-14(15,12-5-3-2-4-6-12)13(17)16-9-11-7-8-18-10-11;/h2-6,11H,7-10,15H2,1H3,(H,16,17);1H. The van der Waals surface area contributed by atoms with Crippen molar-refractivity contribution in [3.05, 3.63) is 35.9 Å². The fourth-order valence-corrected chi connectivity index (χ4v) is 2.08. The molecule has 106 valence electrons. The van der Waals surface area contributed by atoms with E-state index in [2.05, 4.69) is 5.32 Å². The fraction of sp³-hybridized carbons (Fsp3) is 0.500. The van der Waals surface area contributed by atoms with Crippen LogP contribution in [0.2, 0.25) is 0 Å². The van der Waals surface area contributed by atoms with Gasteiger partial charge in [0.15, 0.2) is 0 Å². The van der Waals surface area contributed by atoms with Gasteiger partial charge in [-0.3, -0.25) is 4.79 Å². The van der Waals surface area contributed by atoms with Gasteiger partial charge in [0.25, 0.3) is 0 Å². The maximum absolute atomic E-state index is 12.1. The predicted octanol–water partition coefficient (Wildman–Crippen LogP) is 1.44. The minimum atomic E-state index is -0.985. The summed E-state index contributed by atoms with van der Waals surface area (Å²) in [6.45, 7) is 3.90. The first-order chi connectivity index (χ1) is 8.60. The second-order valence-electron chi connectivity index (χ2n) is 5.01. The third kappa shape index (κ3) is 3.93. The summed E-state index contributed by atoms with van der Waals surface area (Å²) in [4.78, 5) is 12.1. The summed E-state index contributed by atoms with van der Waals surface area (Å²) < 4.78 is 5.28. The van der Waals surface area contributed by atoms with E-state index < -0.39 is 5.54 Å². The van der Waals surface area contributed by atoms with E-state index in [0.29, 0.717) is 12.5 Å². The summed E-state index contributed by atoms with van der Waals surface area (Å²) >= 11 is 0. The number of carbonyl (C=O) groups is 1. The van der Waals surface area contributed by atoms with Gasteiger partial charge in [-0.15, -0.1) is 12.4 Å². The number of nitrogens with two attached hydrogens (primary N) is 1. The third-order valence-corrected chi connectivity index (χ3v) is 3.42. The lowest BCUT2D eigenvalue weighted by molar-refractivity contribution is -0.126. The molecule has 1 aliphatic rings. The maximum Gasteiger partial charge on any atom is 0.244 e. The van der Waals surface area contributed by atoms with Crippen LogP contribution in [-0.4, -0.2) is 25.7 Å². The molecule has 3 N–H and O–H groups in total. The molecule has 1 fully saturated rings. The summed E-state index contributed by atoms with van der Waals surface area (Å²) in [7, 11) is 0. The molecule has 1 aromatic rings. The van der Waals surface area contributed by atoms with Gasteiger partial charge in [-0.2, -0.15) is 0 Å². The Balaban J connectivity index is 0.00000180. The quantitative estimate of drug-likeness (QED) is 0.879. The first kappa shape index (κ1) is 16.0. The molecule has 2 rings (SSSR count). The van der Waals surface area contributed by atoms with Gasteiger partial charge in [-0.25, -0.2) is 0 Å². The number of halogens is 1. The molecule has 0 bridgehead atoms. The summed E-state index contributed by atoms with van der Waals surface area (Å²) in [5.74, 6) is 0.279. The highest BCUT2D eigenvalue weighted by Gasteiger charge is 2.30. The Labute approximate surface area is 120 Å². The van der Waals surface area contributed by atoms with Crippen LogP contribution in [0.4, 0.5) is 0 Å². The topological polar surface area (TPSA) is 64.4 Å². The molecule has 0 aliphatic carbocycles. The Bertz CT molecular complexity index is 403. The van der Waals surface area contributed by atoms with Crippen molar-refractivity contribution in [3.63, 3.8) is 0 Å². The van der Waals surface area contributed by atoms with Crippen LogP contribution in [0.25, 0.3) is 0 Å². The number of benzene rings is 1. The highest BCUT2D eigenvalue weighted by molar-refractivity contribution is 5.87. The first-order valence-corrected chi connectivity index (χ1v) is 6.31. The van der Waals surface area contributed by atoms with Crippen LogP contribution in [0.15, 0.2) is 30.3 Å². The molecule has 1 saturated heterocycles. The summed E-state index contributed by atoms with van der Waals surface area (Å²) in [5.41, 5.74) is 5.96. The maximum atomic E-state index is 12.1. The number of amides is 1. The molecule has 2 atom stereocenters. The Morgan fingerprint density at radius 2 is 2.16 bits per heavy atom. The average Bonchev–Trinajstić information content (AvgIpc) is 2.90. The van der Waals surface area contributed by atoms with Gasteiger partial charge in [0.05, 0.1) is 6.61 Å². The van der Waals surface area contributed by atoms with Crippen LogP contribution >= 0.6 is 12.4 Å². The Morgan fingerprint density at radius 3 is 2.74 bits per heavy atom. The third-order valence-electron chi connectivity index (χ3n) is 3.42. The Hall–Kier alpha value is -1.10. The van der Waals surface area contributed by atoms with E-state index in [1.165, 1.54) is 0 Å². The highest BCUT2D eigenvalue weighted by atomic mass is 35.5. The van der Waals surface area contributed by atoms with E-state index in [9.17, 15) is 4.79 Å². The molecule has 1 aliphatic heterocycles. The lowest BCUT2D eigenvalue weighted by atomic mass is 9.92. The van der Waals surface area contributed by atoms with Gasteiger partial charge in [0.2, 0.25) is 5.91 Å². The highest BCUT2D eigenvalue weighted by Crippen LogP contribution is 2.18. The zero-order chi connectivity index (χ0) is 13.0. The van der Waals surface area contributed by atoms with Gasteiger partial charge < -0.3 is 15.8 Å². The Kier molecular flexibility index (Phi) is 5.79. The molecule has 0 spiro atoms. The first-order valence-electron chi connectivity index (χ1n) is 6.31. The number of hydrogen-bond donors (Lipinski definition) is 2. The number of nitrogens with one attached hydrogen (secondary N) is 1. The summed E-state index contributed by atoms with van der Waals surface area (Å²) in [5, 5.41) is 2.92. The zero-order valence-electron chi connectivity index (χ0n) is 11.1. The van der Waals surface area contributed by atoms with E-state index in [1.807, 2.05) is 30.3 Å². The number of carbonyl (C=O) groups excluding carboxylic acids is 1. The van der Waals surface area contributed by atoms with Gasteiger partial charge in [0, 0.05) is 19.1 Å². The van der Waals surface area contributed by atoms with E-state index in [1.54, 1.807) is 6.92 Å². The predicted molar refractivity (Wildman–Crippen MR) is 77.2 cm³/mol. The Morgan fingerprint density at radius 1 is 1.47 bits per heavy atom. The van der Waals surface area contributed by atoms with Crippen molar-refractivity contribution in [2.45, 2.75) is 18.9 Å². The molecular weight excluding hydrogens is 264 g/mol. The smallest absolute Gasteiger partial charge is 0.244 e. The SMILES string of the molecule is CC(N)(C(=O)NCC1CCOC1)c1ccccc1.Cl. The minimum absolute atomic E-state index is 0. The van der Waals surface area contributed by atoms with Gasteiger partial charge in [-0.05, 0) is 18.9 Å². The van der Waals surface area contributed by atoms with E-state index in [0.717, 1.165) is 25.2 Å². The molecule has 1 amide bonds. The van der Waals surface area contributed by atoms with Crippen LogP contribution in [0.3, 0.4) is 0 Å². The van der Waals surface area contributed by atoms with Gasteiger partial charge in [-0.1, -0.05) is 30.3 Å². The van der Waals surface area contributed by atoms with E-state index in [4.69, 9.17) is 10.5 Å². The molecule has 4 nitrogen and oxygen atoms in total. The second-order valence-corrected chi connectivity index (χ2v) is 5.01. The number of ether oxygens (including phenoxy) is 1. The van der Waals surface area contributed by atoms with Crippen molar-refractivity contribution in [1.82, 2.24) is 5.32 Å². The summed E-state index contributed by atoms with van der Waals surface area (Å²) in [6, 6.07) is 9.43. The molecule has 19 heavy (non-hydrogen) atoms. The molecular formula is C14H21ClN2O2. The molecule has 0 aromatic heterocycles. The lowest BCUT2D eigenvalue weighted by Crippen LogP contribution is -2.50. The number of rotatable bonds is 4. The van der Waals surface area contributed by atoms with Crippen molar-refractivity contribution in [1.29, 1.82) is 0 Å². The largest absolute Gasteiger partial charge is 0.381 e. The van der Waals surface area contributed by atoms with Gasteiger partial charge >= 0.3 is 0 Å². The number of hydrogen-bond acceptors (Lipinski definition) is 3. The molecule has 1 aromatic carbocycles. The van der Waals surface area contributed by atoms with Crippen LogP contribution in [0.5, 0.6) is 0 Å². The normalized spacial score (nSPS) is 21.3. The van der Waals surface area contributed by atoms with Crippen molar-refractivity contribution < 1.29 is 9.53 Å². The minimum Gasteiger partial charge on any atom is -0.381 e. The zero-order valence-corrected chi connectivity index (χ0v) is 11.9. The monoisotopic (exact) mass is 284 g/mol.